The van der Waals surface area contributed by atoms with Gasteiger partial charge in [-0.2, -0.15) is 18.4 Å². The summed E-state index contributed by atoms with van der Waals surface area (Å²) in [7, 11) is 0. The molecule has 7 heteroatoms. The van der Waals surface area contributed by atoms with Gasteiger partial charge in [0.25, 0.3) is 0 Å². The molecule has 1 aromatic rings. The topological polar surface area (TPSA) is 61.1 Å². The van der Waals surface area contributed by atoms with Crippen molar-refractivity contribution in [1.29, 1.82) is 5.26 Å². The summed E-state index contributed by atoms with van der Waals surface area (Å²) >= 11 is 2.71. The van der Waals surface area contributed by atoms with E-state index in [1.165, 1.54) is 0 Å². The van der Waals surface area contributed by atoms with Gasteiger partial charge in [0, 0.05) is 4.47 Å². The Hall–Kier alpha value is -1.55. The number of aliphatic carboxylic acids is 1. The molecule has 0 aliphatic carbocycles. The Labute approximate surface area is 103 Å². The third kappa shape index (κ3) is 2.97. The molecule has 0 bridgehead atoms. The standard InChI is InChI=1S/C10H5BrF3NO2/c11-7-2-1-5(4-15)6(3-8(16)17)9(7)10(12,13)14/h1-2H,3H2,(H,16,17). The fraction of sp³-hybridized carbons (Fsp3) is 0.200. The van der Waals surface area contributed by atoms with E-state index < -0.39 is 29.7 Å². The van der Waals surface area contributed by atoms with E-state index in [9.17, 15) is 18.0 Å². The first kappa shape index (κ1) is 13.5. The van der Waals surface area contributed by atoms with Gasteiger partial charge in [0.05, 0.1) is 23.6 Å². The molecular formula is C10H5BrF3NO2. The molecule has 1 rings (SSSR count). The largest absolute Gasteiger partial charge is 0.481 e. The van der Waals surface area contributed by atoms with Crippen molar-refractivity contribution in [3.63, 3.8) is 0 Å². The highest BCUT2D eigenvalue weighted by Gasteiger charge is 2.37. The number of nitriles is 1. The van der Waals surface area contributed by atoms with Gasteiger partial charge in [-0.1, -0.05) is 15.9 Å². The summed E-state index contributed by atoms with van der Waals surface area (Å²) in [4.78, 5) is 10.5. The molecule has 0 aliphatic heterocycles. The molecule has 0 radical (unpaired) electrons. The van der Waals surface area contributed by atoms with E-state index in [4.69, 9.17) is 10.4 Å². The minimum atomic E-state index is -4.71. The van der Waals surface area contributed by atoms with Crippen LogP contribution >= 0.6 is 15.9 Å². The number of benzene rings is 1. The van der Waals surface area contributed by atoms with Crippen LogP contribution in [0.4, 0.5) is 13.2 Å². The zero-order valence-corrected chi connectivity index (χ0v) is 9.76. The molecule has 0 aromatic heterocycles. The maximum absolute atomic E-state index is 12.7. The summed E-state index contributed by atoms with van der Waals surface area (Å²) in [6.45, 7) is 0. The first-order chi connectivity index (χ1) is 7.77. The normalized spacial score (nSPS) is 11.0. The van der Waals surface area contributed by atoms with Crippen LogP contribution in [0.1, 0.15) is 16.7 Å². The van der Waals surface area contributed by atoms with Crippen molar-refractivity contribution < 1.29 is 23.1 Å². The van der Waals surface area contributed by atoms with Gasteiger partial charge in [-0.25, -0.2) is 0 Å². The van der Waals surface area contributed by atoms with Gasteiger partial charge in [-0.3, -0.25) is 4.79 Å². The summed E-state index contributed by atoms with van der Waals surface area (Å²) in [5, 5.41) is 17.3. The molecule has 1 N–H and O–H groups in total. The predicted octanol–water partition coefficient (Wildman–Crippen LogP) is 2.97. The van der Waals surface area contributed by atoms with Crippen LogP contribution in [0.3, 0.4) is 0 Å². The maximum Gasteiger partial charge on any atom is 0.417 e. The van der Waals surface area contributed by atoms with Gasteiger partial charge in [0.15, 0.2) is 0 Å². The van der Waals surface area contributed by atoms with E-state index in [1.54, 1.807) is 6.07 Å². The lowest BCUT2D eigenvalue weighted by molar-refractivity contribution is -0.140. The first-order valence-corrected chi connectivity index (χ1v) is 5.07. The summed E-state index contributed by atoms with van der Waals surface area (Å²) in [6, 6.07) is 3.78. The molecule has 0 spiro atoms. The monoisotopic (exact) mass is 307 g/mol. The average molecular weight is 308 g/mol. The number of carboxylic acid groups (broad SMARTS) is 1. The van der Waals surface area contributed by atoms with Crippen molar-refractivity contribution in [2.45, 2.75) is 12.6 Å². The van der Waals surface area contributed by atoms with Crippen LogP contribution < -0.4 is 0 Å². The molecule has 0 atom stereocenters. The van der Waals surface area contributed by atoms with Crippen LogP contribution in [0.2, 0.25) is 0 Å². The van der Waals surface area contributed by atoms with Crippen molar-refractivity contribution in [3.05, 3.63) is 33.3 Å². The summed E-state index contributed by atoms with van der Waals surface area (Å²) in [5.41, 5.74) is -1.93. The van der Waals surface area contributed by atoms with Crippen molar-refractivity contribution in [3.8, 4) is 6.07 Å². The van der Waals surface area contributed by atoms with E-state index in [-0.39, 0.29) is 10.0 Å². The number of halogens is 4. The van der Waals surface area contributed by atoms with Crippen molar-refractivity contribution in [1.82, 2.24) is 0 Å². The molecule has 0 unspecified atom stereocenters. The third-order valence-electron chi connectivity index (χ3n) is 1.99. The van der Waals surface area contributed by atoms with Gasteiger partial charge < -0.3 is 5.11 Å². The lowest BCUT2D eigenvalue weighted by atomic mass is 9.98. The van der Waals surface area contributed by atoms with Crippen molar-refractivity contribution >= 4 is 21.9 Å². The lowest BCUT2D eigenvalue weighted by Gasteiger charge is -2.14. The molecule has 0 fully saturated rings. The van der Waals surface area contributed by atoms with Gasteiger partial charge in [-0.05, 0) is 17.7 Å². The fourth-order valence-corrected chi connectivity index (χ4v) is 1.96. The van der Waals surface area contributed by atoms with Crippen LogP contribution in [-0.4, -0.2) is 11.1 Å². The summed E-state index contributed by atoms with van der Waals surface area (Å²) in [5.74, 6) is -1.43. The van der Waals surface area contributed by atoms with Gasteiger partial charge in [-0.15, -0.1) is 0 Å². The number of carbonyl (C=O) groups is 1. The van der Waals surface area contributed by atoms with Crippen LogP contribution in [0.5, 0.6) is 0 Å². The fourth-order valence-electron chi connectivity index (χ4n) is 1.37. The number of rotatable bonds is 2. The van der Waals surface area contributed by atoms with E-state index in [0.717, 1.165) is 12.1 Å². The van der Waals surface area contributed by atoms with Gasteiger partial charge in [0.1, 0.15) is 0 Å². The number of alkyl halides is 3. The predicted molar refractivity (Wildman–Crippen MR) is 55.2 cm³/mol. The Morgan fingerprint density at radius 1 is 1.47 bits per heavy atom. The second-order valence-corrected chi connectivity index (χ2v) is 3.98. The summed E-state index contributed by atoms with van der Waals surface area (Å²) < 4.78 is 38.0. The molecule has 0 heterocycles. The highest BCUT2D eigenvalue weighted by molar-refractivity contribution is 9.10. The molecule has 0 amide bonds. The van der Waals surface area contributed by atoms with Gasteiger partial charge in [0.2, 0.25) is 0 Å². The van der Waals surface area contributed by atoms with Gasteiger partial charge >= 0.3 is 12.1 Å². The zero-order chi connectivity index (χ0) is 13.2. The Kier molecular flexibility index (Phi) is 3.78. The highest BCUT2D eigenvalue weighted by Crippen LogP contribution is 2.38. The first-order valence-electron chi connectivity index (χ1n) is 4.28. The minimum absolute atomic E-state index is 0.278. The van der Waals surface area contributed by atoms with Crippen molar-refractivity contribution in [2.24, 2.45) is 0 Å². The van der Waals surface area contributed by atoms with E-state index in [2.05, 4.69) is 15.9 Å². The molecule has 1 aromatic carbocycles. The average Bonchev–Trinajstić information content (AvgIpc) is 2.15. The molecule has 0 saturated carbocycles. The minimum Gasteiger partial charge on any atom is -0.481 e. The number of carboxylic acids is 1. The Bertz CT molecular complexity index is 505. The van der Waals surface area contributed by atoms with Crippen LogP contribution in [0.25, 0.3) is 0 Å². The number of hydrogen-bond donors (Lipinski definition) is 1. The lowest BCUT2D eigenvalue weighted by Crippen LogP contribution is -2.14. The Balaban J connectivity index is 3.55. The maximum atomic E-state index is 12.7. The Morgan fingerprint density at radius 2 is 2.06 bits per heavy atom. The zero-order valence-electron chi connectivity index (χ0n) is 8.18. The molecule has 0 aliphatic rings. The number of nitrogens with zero attached hydrogens (tertiary/aromatic N) is 1. The highest BCUT2D eigenvalue weighted by atomic mass is 79.9. The summed E-state index contributed by atoms with van der Waals surface area (Å²) in [6.07, 6.45) is -5.56. The van der Waals surface area contributed by atoms with Crippen LogP contribution in [-0.2, 0) is 17.4 Å². The molecular weight excluding hydrogens is 303 g/mol. The van der Waals surface area contributed by atoms with E-state index >= 15 is 0 Å². The second kappa shape index (κ2) is 4.75. The van der Waals surface area contributed by atoms with Crippen LogP contribution in [0.15, 0.2) is 16.6 Å². The molecule has 0 saturated heterocycles. The smallest absolute Gasteiger partial charge is 0.417 e. The molecule has 3 nitrogen and oxygen atoms in total. The molecule has 17 heavy (non-hydrogen) atoms. The quantitative estimate of drug-likeness (QED) is 0.913. The SMILES string of the molecule is N#Cc1ccc(Br)c(C(F)(F)F)c1CC(=O)O. The van der Waals surface area contributed by atoms with Crippen molar-refractivity contribution in [2.75, 3.05) is 0 Å². The Morgan fingerprint density at radius 3 is 2.47 bits per heavy atom. The van der Waals surface area contributed by atoms with E-state index in [1.807, 2.05) is 0 Å². The van der Waals surface area contributed by atoms with E-state index in [0.29, 0.717) is 0 Å². The second-order valence-electron chi connectivity index (χ2n) is 3.13. The van der Waals surface area contributed by atoms with Crippen LogP contribution in [0, 0.1) is 11.3 Å². The number of hydrogen-bond acceptors (Lipinski definition) is 2. The third-order valence-corrected chi connectivity index (χ3v) is 2.65. The molecule has 90 valence electrons.